The molecule has 0 aromatic heterocycles. The van der Waals surface area contributed by atoms with Gasteiger partial charge < -0.3 is 19.1 Å². The van der Waals surface area contributed by atoms with E-state index >= 15 is 0 Å². The van der Waals surface area contributed by atoms with Gasteiger partial charge in [0.05, 0.1) is 19.6 Å². The molecule has 1 aliphatic rings. The zero-order valence-corrected chi connectivity index (χ0v) is 20.9. The summed E-state index contributed by atoms with van der Waals surface area (Å²) in [5.41, 5.74) is 4.14. The van der Waals surface area contributed by atoms with E-state index in [0.29, 0.717) is 48.6 Å². The van der Waals surface area contributed by atoms with Gasteiger partial charge in [0.2, 0.25) is 0 Å². The van der Waals surface area contributed by atoms with Gasteiger partial charge in [-0.15, -0.1) is 0 Å². The monoisotopic (exact) mass is 509 g/mol. The highest BCUT2D eigenvalue weighted by atomic mass is 19.1. The first kappa shape index (κ1) is 26.1. The molecule has 0 aliphatic carbocycles. The Hall–Kier alpha value is -3.94. The first-order valence-electron chi connectivity index (χ1n) is 12.3. The Morgan fingerprint density at radius 2 is 1.59 bits per heavy atom. The zero-order valence-electron chi connectivity index (χ0n) is 20.9. The highest BCUT2D eigenvalue weighted by molar-refractivity contribution is 5.78. The standard InChI is InChI=1S/C29H29F2NO5/c1-3-35-27-15-20(16-28(33)36-4-2)7-10-24(27)22-11-12-26(31)23-13-14-32(17-25(22)23)29(34)37-18-19-5-8-21(30)9-6-19/h5-12,15H,3-4,13-14,16-18H2,1-2H3. The predicted octanol–water partition coefficient (Wildman–Crippen LogP) is 5.83. The highest BCUT2D eigenvalue weighted by Gasteiger charge is 2.27. The van der Waals surface area contributed by atoms with Crippen molar-refractivity contribution in [3.8, 4) is 16.9 Å². The molecule has 1 aliphatic heterocycles. The third-order valence-corrected chi connectivity index (χ3v) is 6.18. The number of benzene rings is 3. The van der Waals surface area contributed by atoms with Gasteiger partial charge in [-0.2, -0.15) is 0 Å². The average molecular weight is 510 g/mol. The van der Waals surface area contributed by atoms with Crippen LogP contribution in [0.1, 0.15) is 36.1 Å². The summed E-state index contributed by atoms with van der Waals surface area (Å²) < 4.78 is 44.3. The van der Waals surface area contributed by atoms with Gasteiger partial charge in [0.25, 0.3) is 0 Å². The van der Waals surface area contributed by atoms with Gasteiger partial charge in [-0.1, -0.05) is 30.3 Å². The fourth-order valence-corrected chi connectivity index (χ4v) is 4.41. The van der Waals surface area contributed by atoms with E-state index < -0.39 is 6.09 Å². The normalized spacial score (nSPS) is 12.6. The first-order chi connectivity index (χ1) is 17.9. The van der Waals surface area contributed by atoms with Crippen LogP contribution in [0.3, 0.4) is 0 Å². The Morgan fingerprint density at radius 1 is 0.865 bits per heavy atom. The lowest BCUT2D eigenvalue weighted by molar-refractivity contribution is -0.142. The van der Waals surface area contributed by atoms with Crippen molar-refractivity contribution < 1.29 is 32.6 Å². The molecule has 0 fully saturated rings. The number of carbonyl (C=O) groups excluding carboxylic acids is 2. The van der Waals surface area contributed by atoms with Crippen LogP contribution >= 0.6 is 0 Å². The van der Waals surface area contributed by atoms with E-state index in [-0.39, 0.29) is 37.2 Å². The zero-order chi connectivity index (χ0) is 26.4. The molecule has 3 aromatic rings. The molecule has 0 bridgehead atoms. The van der Waals surface area contributed by atoms with E-state index in [9.17, 15) is 18.4 Å². The Bertz CT molecular complexity index is 1280. The van der Waals surface area contributed by atoms with Crippen LogP contribution in [0.5, 0.6) is 5.75 Å². The average Bonchev–Trinajstić information content (AvgIpc) is 2.89. The van der Waals surface area contributed by atoms with E-state index in [0.717, 1.165) is 16.7 Å². The quantitative estimate of drug-likeness (QED) is 0.358. The number of carbonyl (C=O) groups is 2. The van der Waals surface area contributed by atoms with E-state index in [1.54, 1.807) is 31.2 Å². The molecule has 1 heterocycles. The van der Waals surface area contributed by atoms with Gasteiger partial charge in [0.1, 0.15) is 24.0 Å². The molecule has 8 heteroatoms. The minimum atomic E-state index is -0.528. The Labute approximate surface area is 214 Å². The Kier molecular flexibility index (Phi) is 8.38. The number of ether oxygens (including phenoxy) is 3. The van der Waals surface area contributed by atoms with Crippen molar-refractivity contribution in [3.05, 3.63) is 88.5 Å². The first-order valence-corrected chi connectivity index (χ1v) is 12.3. The lowest BCUT2D eigenvalue weighted by atomic mass is 9.90. The van der Waals surface area contributed by atoms with Crippen LogP contribution < -0.4 is 4.74 Å². The van der Waals surface area contributed by atoms with Crippen molar-refractivity contribution in [3.63, 3.8) is 0 Å². The van der Waals surface area contributed by atoms with Crippen LogP contribution in [0.2, 0.25) is 0 Å². The molecule has 6 nitrogen and oxygen atoms in total. The van der Waals surface area contributed by atoms with E-state index in [1.165, 1.54) is 23.1 Å². The molecule has 37 heavy (non-hydrogen) atoms. The third kappa shape index (κ3) is 6.25. The number of esters is 1. The van der Waals surface area contributed by atoms with Crippen molar-refractivity contribution in [1.82, 2.24) is 4.90 Å². The van der Waals surface area contributed by atoms with Crippen molar-refractivity contribution in [2.75, 3.05) is 19.8 Å². The Morgan fingerprint density at radius 3 is 2.32 bits per heavy atom. The number of rotatable bonds is 8. The molecule has 0 spiro atoms. The predicted molar refractivity (Wildman–Crippen MR) is 134 cm³/mol. The van der Waals surface area contributed by atoms with E-state index in [1.807, 2.05) is 19.1 Å². The number of hydrogen-bond acceptors (Lipinski definition) is 5. The number of halogens is 2. The molecule has 0 atom stereocenters. The minimum Gasteiger partial charge on any atom is -0.493 e. The molecule has 3 aromatic carbocycles. The number of amides is 1. The number of hydrogen-bond donors (Lipinski definition) is 0. The number of nitrogens with zero attached hydrogens (tertiary/aromatic N) is 1. The smallest absolute Gasteiger partial charge is 0.410 e. The van der Waals surface area contributed by atoms with Gasteiger partial charge in [0.15, 0.2) is 0 Å². The molecule has 0 radical (unpaired) electrons. The molecule has 194 valence electrons. The molecule has 0 saturated carbocycles. The van der Waals surface area contributed by atoms with Crippen molar-refractivity contribution in [1.29, 1.82) is 0 Å². The van der Waals surface area contributed by atoms with Crippen LogP contribution in [0.4, 0.5) is 13.6 Å². The maximum atomic E-state index is 14.8. The van der Waals surface area contributed by atoms with Crippen LogP contribution in [-0.4, -0.2) is 36.7 Å². The van der Waals surface area contributed by atoms with Gasteiger partial charge >= 0.3 is 12.1 Å². The summed E-state index contributed by atoms with van der Waals surface area (Å²) in [5, 5.41) is 0. The minimum absolute atomic E-state index is 0.00882. The van der Waals surface area contributed by atoms with Gasteiger partial charge in [-0.05, 0) is 72.4 Å². The van der Waals surface area contributed by atoms with E-state index in [2.05, 4.69) is 0 Å². The summed E-state index contributed by atoms with van der Waals surface area (Å²) in [5.74, 6) is -0.451. The molecular weight excluding hydrogens is 480 g/mol. The van der Waals surface area contributed by atoms with Gasteiger partial charge in [-0.25, -0.2) is 13.6 Å². The second kappa shape index (κ2) is 11.9. The van der Waals surface area contributed by atoms with Gasteiger partial charge in [0, 0.05) is 18.7 Å². The summed E-state index contributed by atoms with van der Waals surface area (Å²) in [6, 6.07) is 14.3. The van der Waals surface area contributed by atoms with Crippen LogP contribution in [0.15, 0.2) is 54.6 Å². The lowest BCUT2D eigenvalue weighted by Crippen LogP contribution is -2.37. The van der Waals surface area contributed by atoms with E-state index in [4.69, 9.17) is 14.2 Å². The molecule has 4 rings (SSSR count). The maximum Gasteiger partial charge on any atom is 0.410 e. The summed E-state index contributed by atoms with van der Waals surface area (Å²) in [6.07, 6.45) is -0.0744. The summed E-state index contributed by atoms with van der Waals surface area (Å²) in [4.78, 5) is 26.3. The number of fused-ring (bicyclic) bond motifs is 1. The lowest BCUT2D eigenvalue weighted by Gasteiger charge is -2.30. The second-order valence-corrected chi connectivity index (χ2v) is 8.65. The van der Waals surface area contributed by atoms with Crippen LogP contribution in [0.25, 0.3) is 11.1 Å². The summed E-state index contributed by atoms with van der Waals surface area (Å²) in [6.45, 7) is 4.82. The topological polar surface area (TPSA) is 65.1 Å². The van der Waals surface area contributed by atoms with Crippen molar-refractivity contribution in [2.45, 2.75) is 39.8 Å². The van der Waals surface area contributed by atoms with Crippen molar-refractivity contribution in [2.24, 2.45) is 0 Å². The van der Waals surface area contributed by atoms with Gasteiger partial charge in [-0.3, -0.25) is 4.79 Å². The molecule has 0 N–H and O–H groups in total. The fraction of sp³-hybridized carbons (Fsp3) is 0.310. The summed E-state index contributed by atoms with van der Waals surface area (Å²) in [7, 11) is 0. The SMILES string of the molecule is CCOC(=O)Cc1ccc(-c2ccc(F)c3c2CN(C(=O)OCc2ccc(F)cc2)CC3)c(OCC)c1. The molecule has 1 amide bonds. The van der Waals surface area contributed by atoms with Crippen LogP contribution in [0, 0.1) is 11.6 Å². The largest absolute Gasteiger partial charge is 0.493 e. The third-order valence-electron chi connectivity index (χ3n) is 6.18. The molecule has 0 unspecified atom stereocenters. The highest BCUT2D eigenvalue weighted by Crippen LogP contribution is 2.38. The Balaban J connectivity index is 1.59. The molecule has 0 saturated heterocycles. The fourth-order valence-electron chi connectivity index (χ4n) is 4.41. The van der Waals surface area contributed by atoms with Crippen molar-refractivity contribution >= 4 is 12.1 Å². The molecular formula is C29H29F2NO5. The second-order valence-electron chi connectivity index (χ2n) is 8.65. The summed E-state index contributed by atoms with van der Waals surface area (Å²) >= 11 is 0. The van der Waals surface area contributed by atoms with Crippen LogP contribution in [-0.2, 0) is 40.3 Å². The maximum absolute atomic E-state index is 14.8.